The highest BCUT2D eigenvalue weighted by Crippen LogP contribution is 2.02. The van der Waals surface area contributed by atoms with Crippen LogP contribution in [-0.4, -0.2) is 95.1 Å². The minimum absolute atomic E-state index is 0.606. The van der Waals surface area contributed by atoms with Crippen molar-refractivity contribution in [1.82, 2.24) is 95.1 Å². The highest BCUT2D eigenvalue weighted by Gasteiger charge is 1.83. The van der Waals surface area contributed by atoms with E-state index in [1.165, 1.54) is 76.2 Å². The number of oxazole rings is 1. The molecule has 78 heavy (non-hydrogen) atoms. The second-order valence-electron chi connectivity index (χ2n) is 15.0. The number of hydrogen-bond acceptors (Lipinski definition) is 24. The predicted molar refractivity (Wildman–Crippen MR) is 302 cm³/mol. The van der Waals surface area contributed by atoms with E-state index in [-0.39, 0.29) is 0 Å². The van der Waals surface area contributed by atoms with E-state index in [9.17, 15) is 0 Å². The van der Waals surface area contributed by atoms with Crippen molar-refractivity contribution in [3.8, 4) is 0 Å². The number of aromatic amines is 4. The van der Waals surface area contributed by atoms with Gasteiger partial charge in [0.05, 0.1) is 36.1 Å². The monoisotopic (exact) mass is 1140 g/mol. The topological polar surface area (TPSA) is 322 Å². The van der Waals surface area contributed by atoms with Crippen LogP contribution in [0.15, 0.2) is 168 Å². The molecule has 0 unspecified atom stereocenters. The maximum Gasteiger partial charge on any atom is 0.223 e. The zero-order chi connectivity index (χ0) is 57.3. The van der Waals surface area contributed by atoms with Gasteiger partial charge >= 0.3 is 0 Å². The van der Waals surface area contributed by atoms with Gasteiger partial charge in [0.2, 0.25) is 5.89 Å². The summed E-state index contributed by atoms with van der Waals surface area (Å²) in [6, 6.07) is 7.96. The quantitative estimate of drug-likeness (QED) is 0.110. The first-order valence-electron chi connectivity index (χ1n) is 22.9. The third-order valence-electron chi connectivity index (χ3n) is 7.44. The minimum Gasteiger partial charge on any atom is -0.472 e. The lowest BCUT2D eigenvalue weighted by Gasteiger charge is -1.68. The van der Waals surface area contributed by atoms with Gasteiger partial charge in [0.15, 0.2) is 18.5 Å². The number of furan rings is 1. The molecule has 0 fully saturated rings. The Kier molecular flexibility index (Phi) is 39.4. The van der Waals surface area contributed by atoms with Gasteiger partial charge in [-0.3, -0.25) is 20.3 Å². The van der Waals surface area contributed by atoms with E-state index in [4.69, 9.17) is 4.42 Å². The summed E-state index contributed by atoms with van der Waals surface area (Å²) in [6.45, 7) is 25.1. The van der Waals surface area contributed by atoms with Gasteiger partial charge in [-0.1, -0.05) is 5.16 Å². The molecular formula is C50H67N19O5S4. The first kappa shape index (κ1) is 67.3. The summed E-state index contributed by atoms with van der Waals surface area (Å²) < 4.78 is 30.2. The molecule has 13 rings (SSSR count). The molecule has 0 aliphatic carbocycles. The van der Waals surface area contributed by atoms with E-state index in [1.54, 1.807) is 80.2 Å². The number of aryl methyl sites for hydroxylation is 13. The van der Waals surface area contributed by atoms with Crippen LogP contribution >= 0.6 is 45.7 Å². The Hall–Kier alpha value is -8.73. The molecule has 0 aliphatic heterocycles. The van der Waals surface area contributed by atoms with Crippen LogP contribution in [0.1, 0.15) is 73.1 Å². The standard InChI is InChI=1S/C5H7N.C5H6O.C5H6S.2C4H6N2.C4H5NO.2C4H5NS.C3H5N3.3C3H4N2O.C3H4N2S/c3*1-5-2-3-6-4-5;1-4-2-5-6-3-4;1-4-2-3-5-6-4;2*1-4-2-6-3-5-4;1-4-2-5-6-3-4;2*1-3-4-2-5-6-3;1-3-2-6-5-4-3;1-3-2-4-5-6-3;1-3-4-2-5-6-3/h2-4,6H,1H3;2*2-4H,1H3;2*2-3H,1H3,(H,5,6);3*2-3H,1H3;2H,1H3,(H,4,5,6);4*2H,1H3. The van der Waals surface area contributed by atoms with Gasteiger partial charge < -0.3 is 27.4 Å². The molecular weight excluding hydrogens is 1070 g/mol. The van der Waals surface area contributed by atoms with Crippen molar-refractivity contribution in [2.24, 2.45) is 0 Å². The number of hydrogen-bond donors (Lipinski definition) is 4. The first-order chi connectivity index (χ1) is 37.6. The molecule has 13 aromatic rings. The Morgan fingerprint density at radius 2 is 1.38 bits per heavy atom. The third-order valence-corrected chi connectivity index (χ3v) is 10.2. The second-order valence-corrected chi connectivity index (χ2v) is 18.2. The molecule has 4 N–H and O–H groups in total. The van der Waals surface area contributed by atoms with Crippen LogP contribution in [0.3, 0.4) is 0 Å². The van der Waals surface area contributed by atoms with Crippen molar-refractivity contribution in [1.29, 1.82) is 0 Å². The number of nitrogens with one attached hydrogen (secondary N) is 4. The maximum absolute atomic E-state index is 4.71. The molecule has 416 valence electrons. The molecule has 0 amide bonds. The van der Waals surface area contributed by atoms with E-state index in [1.807, 2.05) is 122 Å². The van der Waals surface area contributed by atoms with Crippen molar-refractivity contribution in [3.63, 3.8) is 0 Å². The Morgan fingerprint density at radius 1 is 0.551 bits per heavy atom. The molecule has 0 spiro atoms. The Morgan fingerprint density at radius 3 is 1.55 bits per heavy atom. The summed E-state index contributed by atoms with van der Waals surface area (Å²) in [7, 11) is 0. The minimum atomic E-state index is 0.606. The third kappa shape index (κ3) is 43.6. The molecule has 28 heteroatoms. The van der Waals surface area contributed by atoms with Crippen LogP contribution in [0.2, 0.25) is 0 Å². The van der Waals surface area contributed by atoms with Gasteiger partial charge in [-0.05, 0) is 169 Å². The van der Waals surface area contributed by atoms with Gasteiger partial charge in [-0.2, -0.15) is 36.0 Å². The summed E-state index contributed by atoms with van der Waals surface area (Å²) >= 11 is 6.27. The van der Waals surface area contributed by atoms with Crippen molar-refractivity contribution < 1.29 is 22.4 Å². The predicted octanol–water partition coefficient (Wildman–Crippen LogP) is 12.4. The molecule has 0 atom stereocenters. The van der Waals surface area contributed by atoms with Crippen molar-refractivity contribution in [3.05, 3.63) is 218 Å². The summed E-state index contributed by atoms with van der Waals surface area (Å²) in [6.07, 6.45) is 24.9. The molecule has 0 aliphatic rings. The molecule has 13 heterocycles. The second kappa shape index (κ2) is 45.6. The summed E-state index contributed by atoms with van der Waals surface area (Å²) in [5.41, 5.74) is 12.0. The van der Waals surface area contributed by atoms with E-state index in [0.717, 1.165) is 39.4 Å². The number of thiophene rings is 1. The summed E-state index contributed by atoms with van der Waals surface area (Å²) in [5.74, 6) is 2.21. The molecule has 0 saturated carbocycles. The number of nitrogens with zero attached hydrogens (tertiary/aromatic N) is 15. The van der Waals surface area contributed by atoms with Gasteiger partial charge in [0.1, 0.15) is 41.7 Å². The fourth-order valence-corrected chi connectivity index (χ4v) is 5.73. The van der Waals surface area contributed by atoms with E-state index in [0.29, 0.717) is 5.89 Å². The Bertz CT molecular complexity index is 2230. The Balaban J connectivity index is 0.000000422. The number of rotatable bonds is 0. The lowest BCUT2D eigenvalue weighted by atomic mass is 10.4. The van der Waals surface area contributed by atoms with E-state index < -0.39 is 0 Å². The fourth-order valence-electron chi connectivity index (χ4n) is 3.67. The molecule has 0 aromatic carbocycles. The van der Waals surface area contributed by atoms with Crippen LogP contribution in [0, 0.1) is 90.0 Å². The highest BCUT2D eigenvalue weighted by atomic mass is 32.1. The SMILES string of the molecule is Cc1cc[nH]c1.Cc1ccn[nH]1.Cc1ccoc1.Cc1ccsc1.Cc1cn[nH]c1.Cc1cnno1.Cc1cnsc1.Cc1cocn1.Cc1conn1.Cc1cscn1.Cc1ncn[nH]1.Cc1ncno1.Cc1ncns1. The largest absolute Gasteiger partial charge is 0.472 e. The molecule has 0 saturated heterocycles. The van der Waals surface area contributed by atoms with Gasteiger partial charge in [0.25, 0.3) is 0 Å². The number of thiazole rings is 1. The highest BCUT2D eigenvalue weighted by molar-refractivity contribution is 7.08. The van der Waals surface area contributed by atoms with E-state index in [2.05, 4.69) is 144 Å². The molecule has 0 bridgehead atoms. The smallest absolute Gasteiger partial charge is 0.223 e. The van der Waals surface area contributed by atoms with Gasteiger partial charge in [-0.15, -0.1) is 21.5 Å². The zero-order valence-corrected chi connectivity index (χ0v) is 49.0. The first-order valence-corrected chi connectivity index (χ1v) is 26.4. The average Bonchev–Trinajstić information content (AvgIpc) is 4.23. The lowest BCUT2D eigenvalue weighted by Crippen LogP contribution is -1.68. The number of H-pyrrole nitrogens is 4. The molecule has 13 aromatic heterocycles. The zero-order valence-electron chi connectivity index (χ0n) is 45.7. The van der Waals surface area contributed by atoms with Crippen LogP contribution < -0.4 is 0 Å². The maximum atomic E-state index is 4.71. The van der Waals surface area contributed by atoms with Crippen molar-refractivity contribution in [2.75, 3.05) is 0 Å². The van der Waals surface area contributed by atoms with E-state index >= 15 is 0 Å². The summed E-state index contributed by atoms with van der Waals surface area (Å²) in [5, 5.41) is 44.9. The van der Waals surface area contributed by atoms with Crippen LogP contribution in [-0.2, 0) is 0 Å². The number of aromatic nitrogens is 19. The van der Waals surface area contributed by atoms with Crippen molar-refractivity contribution >= 4 is 45.7 Å². The molecule has 0 radical (unpaired) electrons. The summed E-state index contributed by atoms with van der Waals surface area (Å²) in [4.78, 5) is 21.8. The lowest BCUT2D eigenvalue weighted by molar-refractivity contribution is 0.374. The molecule has 24 nitrogen and oxygen atoms in total. The Labute approximate surface area is 469 Å². The van der Waals surface area contributed by atoms with Crippen molar-refractivity contribution in [2.45, 2.75) is 90.0 Å². The van der Waals surface area contributed by atoms with Gasteiger partial charge in [0, 0.05) is 70.6 Å². The van der Waals surface area contributed by atoms with Crippen LogP contribution in [0.25, 0.3) is 0 Å². The normalized spacial score (nSPS) is 8.83. The fraction of sp³-hybridized carbons (Fsp3) is 0.260. The van der Waals surface area contributed by atoms with Crippen LogP contribution in [0.5, 0.6) is 0 Å². The van der Waals surface area contributed by atoms with Gasteiger partial charge in [-0.25, -0.2) is 19.3 Å². The van der Waals surface area contributed by atoms with Crippen LogP contribution in [0.4, 0.5) is 0 Å². The average molecular weight is 1140 g/mol.